The normalized spacial score (nSPS) is 10.7. The smallest absolute Gasteiger partial charge is 0.167 e. The molecule has 2 N–H and O–H groups in total. The van der Waals surface area contributed by atoms with E-state index in [4.69, 9.17) is 4.74 Å². The van der Waals surface area contributed by atoms with Crippen molar-refractivity contribution in [3.05, 3.63) is 28.3 Å². The summed E-state index contributed by atoms with van der Waals surface area (Å²) in [5, 5.41) is 21.1. The number of rotatable bonds is 7. The van der Waals surface area contributed by atoms with Crippen molar-refractivity contribution in [2.75, 3.05) is 7.11 Å². The molecule has 23 heavy (non-hydrogen) atoms. The maximum Gasteiger partial charge on any atom is 0.167 e. The summed E-state index contributed by atoms with van der Waals surface area (Å²) in [6, 6.07) is 0. The molecule has 0 aromatic heterocycles. The number of hydrogen-bond acceptors (Lipinski definition) is 4. The average molecular weight is 320 g/mol. The maximum atomic E-state index is 12.0. The molecule has 1 rings (SSSR count). The van der Waals surface area contributed by atoms with E-state index in [-0.39, 0.29) is 28.6 Å². The highest BCUT2D eigenvalue weighted by molar-refractivity contribution is 6.01. The Morgan fingerprint density at radius 1 is 1.13 bits per heavy atom. The van der Waals surface area contributed by atoms with Crippen molar-refractivity contribution in [2.45, 2.75) is 53.9 Å². The molecule has 0 aliphatic carbocycles. The fraction of sp³-hybridized carbons (Fsp3) is 0.526. The van der Waals surface area contributed by atoms with Crippen LogP contribution in [0.5, 0.6) is 17.2 Å². The van der Waals surface area contributed by atoms with E-state index >= 15 is 0 Å². The van der Waals surface area contributed by atoms with Gasteiger partial charge in [0.25, 0.3) is 0 Å². The van der Waals surface area contributed by atoms with Crippen molar-refractivity contribution in [3.63, 3.8) is 0 Å². The van der Waals surface area contributed by atoms with Crippen LogP contribution in [-0.4, -0.2) is 23.1 Å². The lowest BCUT2D eigenvalue weighted by Crippen LogP contribution is -2.06. The molecule has 0 saturated heterocycles. The molecule has 0 amide bonds. The van der Waals surface area contributed by atoms with Gasteiger partial charge in [-0.15, -0.1) is 0 Å². The topological polar surface area (TPSA) is 66.8 Å². The highest BCUT2D eigenvalue weighted by Gasteiger charge is 2.26. The quantitative estimate of drug-likeness (QED) is 0.577. The van der Waals surface area contributed by atoms with Crippen molar-refractivity contribution in [3.8, 4) is 17.2 Å². The number of ketones is 1. The zero-order chi connectivity index (χ0) is 17.7. The van der Waals surface area contributed by atoms with Gasteiger partial charge >= 0.3 is 0 Å². The molecule has 0 spiro atoms. The largest absolute Gasteiger partial charge is 0.507 e. The molecule has 128 valence electrons. The molecule has 1 aromatic carbocycles. The summed E-state index contributed by atoms with van der Waals surface area (Å²) < 4.78 is 5.34. The van der Waals surface area contributed by atoms with Crippen LogP contribution in [0.1, 0.15) is 62.5 Å². The van der Waals surface area contributed by atoms with Crippen molar-refractivity contribution in [1.29, 1.82) is 0 Å². The molecule has 0 heterocycles. The van der Waals surface area contributed by atoms with E-state index in [1.165, 1.54) is 14.0 Å². The van der Waals surface area contributed by atoms with E-state index in [1.54, 1.807) is 0 Å². The van der Waals surface area contributed by atoms with Crippen LogP contribution < -0.4 is 4.74 Å². The first-order valence-corrected chi connectivity index (χ1v) is 7.98. The molecule has 0 bridgehead atoms. The number of aromatic hydroxyl groups is 2. The van der Waals surface area contributed by atoms with Crippen LogP contribution in [0.15, 0.2) is 11.6 Å². The summed E-state index contributed by atoms with van der Waals surface area (Å²) in [5.74, 6) is 0.288. The van der Waals surface area contributed by atoms with Crippen LogP contribution in [0.25, 0.3) is 0 Å². The van der Waals surface area contributed by atoms with Crippen LogP contribution in [0.3, 0.4) is 0 Å². The van der Waals surface area contributed by atoms with Crippen LogP contribution in [0.2, 0.25) is 0 Å². The number of phenolic OH excluding ortho intramolecular Hbond substituents is 2. The van der Waals surface area contributed by atoms with E-state index in [9.17, 15) is 15.0 Å². The summed E-state index contributed by atoms with van der Waals surface area (Å²) >= 11 is 0. The number of hydrogen-bond donors (Lipinski definition) is 2. The van der Waals surface area contributed by atoms with Crippen molar-refractivity contribution >= 4 is 5.78 Å². The SMILES string of the molecule is COc1c(CC=C(C)C)c(O)c(CCC(C)C)c(O)c1C(C)=O. The first kappa shape index (κ1) is 19.1. The van der Waals surface area contributed by atoms with Crippen LogP contribution in [-0.2, 0) is 12.8 Å². The van der Waals surface area contributed by atoms with Gasteiger partial charge in [-0.3, -0.25) is 4.79 Å². The number of ether oxygens (including phenoxy) is 1. The molecule has 4 nitrogen and oxygen atoms in total. The van der Waals surface area contributed by atoms with Gasteiger partial charge in [0, 0.05) is 11.1 Å². The van der Waals surface area contributed by atoms with Crippen LogP contribution in [0.4, 0.5) is 0 Å². The Labute approximate surface area is 138 Å². The molecule has 0 radical (unpaired) electrons. The Morgan fingerprint density at radius 2 is 1.74 bits per heavy atom. The average Bonchev–Trinajstić information content (AvgIpc) is 2.44. The van der Waals surface area contributed by atoms with Crippen molar-refractivity contribution < 1.29 is 19.7 Å². The predicted octanol–water partition coefficient (Wildman–Crippen LogP) is 4.41. The fourth-order valence-corrected chi connectivity index (χ4v) is 2.53. The van der Waals surface area contributed by atoms with Crippen molar-refractivity contribution in [2.24, 2.45) is 5.92 Å². The number of benzene rings is 1. The zero-order valence-electron chi connectivity index (χ0n) is 15.0. The highest BCUT2D eigenvalue weighted by atomic mass is 16.5. The van der Waals surface area contributed by atoms with Gasteiger partial charge in [-0.05, 0) is 46.0 Å². The Kier molecular flexibility index (Phi) is 6.67. The van der Waals surface area contributed by atoms with Gasteiger partial charge in [-0.1, -0.05) is 25.5 Å². The second-order valence-corrected chi connectivity index (χ2v) is 6.54. The summed E-state index contributed by atoms with van der Waals surface area (Å²) in [7, 11) is 1.44. The van der Waals surface area contributed by atoms with Gasteiger partial charge in [-0.2, -0.15) is 0 Å². The van der Waals surface area contributed by atoms with Gasteiger partial charge in [0.15, 0.2) is 5.78 Å². The van der Waals surface area contributed by atoms with E-state index in [0.717, 1.165) is 12.0 Å². The third-order valence-corrected chi connectivity index (χ3v) is 3.84. The van der Waals surface area contributed by atoms with Gasteiger partial charge in [0.05, 0.1) is 7.11 Å². The number of Topliss-reactive ketones (excluding diaryl/α,β-unsaturated/α-hetero) is 1. The predicted molar refractivity (Wildman–Crippen MR) is 92.6 cm³/mol. The van der Waals surface area contributed by atoms with Gasteiger partial charge in [0.2, 0.25) is 0 Å². The summed E-state index contributed by atoms with van der Waals surface area (Å²) in [5.41, 5.74) is 2.24. The van der Waals surface area contributed by atoms with Gasteiger partial charge in [-0.25, -0.2) is 0 Å². The Hall–Kier alpha value is -1.97. The van der Waals surface area contributed by atoms with Crippen molar-refractivity contribution in [1.82, 2.24) is 0 Å². The van der Waals surface area contributed by atoms with Gasteiger partial charge < -0.3 is 14.9 Å². The lowest BCUT2D eigenvalue weighted by atomic mass is 9.92. The van der Waals surface area contributed by atoms with E-state index < -0.39 is 0 Å². The van der Waals surface area contributed by atoms with E-state index in [2.05, 4.69) is 13.8 Å². The minimum absolute atomic E-state index is 0.0301. The Bertz CT molecular complexity index is 609. The summed E-state index contributed by atoms with van der Waals surface area (Å²) in [6.07, 6.45) is 3.74. The maximum absolute atomic E-state index is 12.0. The molecule has 1 aromatic rings. The summed E-state index contributed by atoms with van der Waals surface area (Å²) in [4.78, 5) is 12.0. The first-order chi connectivity index (χ1) is 10.7. The lowest BCUT2D eigenvalue weighted by Gasteiger charge is -2.19. The molecule has 0 aliphatic rings. The van der Waals surface area contributed by atoms with Crippen LogP contribution >= 0.6 is 0 Å². The van der Waals surface area contributed by atoms with Crippen LogP contribution in [0, 0.1) is 5.92 Å². The van der Waals surface area contributed by atoms with E-state index in [0.29, 0.717) is 29.9 Å². The molecule has 0 fully saturated rings. The second-order valence-electron chi connectivity index (χ2n) is 6.54. The molecule has 0 aliphatic heterocycles. The zero-order valence-corrected chi connectivity index (χ0v) is 15.0. The Morgan fingerprint density at radius 3 is 2.17 bits per heavy atom. The molecule has 0 unspecified atom stereocenters. The molecule has 0 saturated carbocycles. The molecule has 4 heteroatoms. The monoisotopic (exact) mass is 320 g/mol. The standard InChI is InChI=1S/C19H28O4/c1-11(2)7-9-14-17(21)15(10-8-12(3)4)19(23-6)16(13(5)20)18(14)22/h8,11,21-22H,7,9-10H2,1-6H3. The fourth-order valence-electron chi connectivity index (χ4n) is 2.53. The minimum Gasteiger partial charge on any atom is -0.507 e. The van der Waals surface area contributed by atoms with Gasteiger partial charge in [0.1, 0.15) is 22.8 Å². The number of methoxy groups -OCH3 is 1. The second kappa shape index (κ2) is 8.04. The first-order valence-electron chi connectivity index (χ1n) is 7.98. The third-order valence-electron chi connectivity index (χ3n) is 3.84. The number of carbonyl (C=O) groups excluding carboxylic acids is 1. The van der Waals surface area contributed by atoms with E-state index in [1.807, 2.05) is 19.9 Å². The molecular formula is C19H28O4. The number of phenols is 2. The summed E-state index contributed by atoms with van der Waals surface area (Å²) in [6.45, 7) is 9.48. The minimum atomic E-state index is -0.274. The molecular weight excluding hydrogens is 292 g/mol. The number of carbonyl (C=O) groups is 1. The Balaban J connectivity index is 3.58. The lowest BCUT2D eigenvalue weighted by molar-refractivity contribution is 0.101. The third kappa shape index (κ3) is 4.50. The highest BCUT2D eigenvalue weighted by Crippen LogP contribution is 2.44. The molecule has 0 atom stereocenters. The number of allylic oxidation sites excluding steroid dienone is 2.